The minimum Gasteiger partial charge on any atom is -0.465 e. The fourth-order valence-electron chi connectivity index (χ4n) is 3.07. The number of anilines is 1. The number of carbonyl (C=O) groups excluding carboxylic acids is 1. The second-order valence-corrected chi connectivity index (χ2v) is 6.01. The lowest BCUT2D eigenvalue weighted by molar-refractivity contribution is 0.101. The lowest BCUT2D eigenvalue weighted by atomic mass is 10.1. The van der Waals surface area contributed by atoms with Gasteiger partial charge in [0, 0.05) is 24.0 Å². The van der Waals surface area contributed by atoms with Crippen molar-refractivity contribution >= 4 is 23.2 Å². The van der Waals surface area contributed by atoms with Crippen LogP contribution in [-0.4, -0.2) is 38.1 Å². The second kappa shape index (κ2) is 6.99. The van der Waals surface area contributed by atoms with Crippen molar-refractivity contribution in [1.29, 1.82) is 0 Å². The summed E-state index contributed by atoms with van der Waals surface area (Å²) in [5.41, 5.74) is 2.72. The third-order valence-corrected chi connectivity index (χ3v) is 4.39. The Kier molecular flexibility index (Phi) is 4.36. The van der Waals surface area contributed by atoms with Gasteiger partial charge in [0.25, 0.3) is 0 Å². The summed E-state index contributed by atoms with van der Waals surface area (Å²) in [5.74, 6) is -0.0921. The van der Waals surface area contributed by atoms with Crippen molar-refractivity contribution in [2.45, 2.75) is 6.92 Å². The topological polar surface area (TPSA) is 101 Å². The van der Waals surface area contributed by atoms with Crippen molar-refractivity contribution in [2.24, 2.45) is 0 Å². The van der Waals surface area contributed by atoms with Crippen LogP contribution >= 0.6 is 0 Å². The Bertz CT molecular complexity index is 1160. The van der Waals surface area contributed by atoms with Gasteiger partial charge >= 0.3 is 6.09 Å². The van der Waals surface area contributed by atoms with Gasteiger partial charge in [-0.05, 0) is 37.3 Å². The highest BCUT2D eigenvalue weighted by Crippen LogP contribution is 2.26. The van der Waals surface area contributed by atoms with Crippen LogP contribution in [0.2, 0.25) is 0 Å². The molecular formula is C20H16N4O4. The largest absolute Gasteiger partial charge is 0.465 e. The molecule has 0 radical (unpaired) electrons. The first-order chi connectivity index (χ1) is 13.6. The van der Waals surface area contributed by atoms with E-state index in [9.17, 15) is 14.7 Å². The number of rotatable bonds is 5. The van der Waals surface area contributed by atoms with Crippen LogP contribution in [0.15, 0.2) is 65.5 Å². The lowest BCUT2D eigenvalue weighted by Gasteiger charge is -2.18. The van der Waals surface area contributed by atoms with E-state index in [1.54, 1.807) is 54.0 Å². The van der Waals surface area contributed by atoms with E-state index in [-0.39, 0.29) is 11.5 Å². The summed E-state index contributed by atoms with van der Waals surface area (Å²) in [6.07, 6.45) is 3.46. The molecule has 0 aliphatic carbocycles. The summed E-state index contributed by atoms with van der Waals surface area (Å²) in [6, 6.07) is 12.1. The minimum absolute atomic E-state index is 0.212. The first-order valence-electron chi connectivity index (χ1n) is 8.62. The van der Waals surface area contributed by atoms with E-state index in [1.807, 2.05) is 6.07 Å². The van der Waals surface area contributed by atoms with Gasteiger partial charge in [-0.3, -0.25) is 9.69 Å². The molecule has 8 heteroatoms. The number of amides is 1. The van der Waals surface area contributed by atoms with Gasteiger partial charge in [-0.1, -0.05) is 12.1 Å². The lowest BCUT2D eigenvalue weighted by Crippen LogP contribution is -2.28. The van der Waals surface area contributed by atoms with Crippen LogP contribution < -0.4 is 4.90 Å². The van der Waals surface area contributed by atoms with Gasteiger partial charge in [-0.2, -0.15) is 5.10 Å². The predicted molar refractivity (Wildman–Crippen MR) is 102 cm³/mol. The number of fused-ring (bicyclic) bond motifs is 1. The number of furan rings is 1. The van der Waals surface area contributed by atoms with Crippen LogP contribution in [0.3, 0.4) is 0 Å². The highest BCUT2D eigenvalue weighted by molar-refractivity contribution is 6.10. The van der Waals surface area contributed by atoms with Crippen LogP contribution in [-0.2, 0) is 0 Å². The maximum Gasteiger partial charge on any atom is 0.411 e. The molecule has 0 atom stereocenters. The molecule has 3 heterocycles. The molecule has 1 amide bonds. The van der Waals surface area contributed by atoms with Gasteiger partial charge in [-0.15, -0.1) is 0 Å². The molecule has 0 aliphatic rings. The fraction of sp³-hybridized carbons (Fsp3) is 0.100. The second-order valence-electron chi connectivity index (χ2n) is 6.01. The number of carboxylic acid groups (broad SMARTS) is 1. The van der Waals surface area contributed by atoms with Crippen LogP contribution in [0.25, 0.3) is 16.9 Å². The van der Waals surface area contributed by atoms with Gasteiger partial charge in [-0.25, -0.2) is 14.3 Å². The van der Waals surface area contributed by atoms with Gasteiger partial charge < -0.3 is 9.52 Å². The van der Waals surface area contributed by atoms with Crippen molar-refractivity contribution in [1.82, 2.24) is 14.6 Å². The zero-order chi connectivity index (χ0) is 19.7. The number of hydrogen-bond donors (Lipinski definition) is 1. The van der Waals surface area contributed by atoms with Crippen molar-refractivity contribution in [2.75, 3.05) is 11.4 Å². The Hall–Kier alpha value is -3.94. The summed E-state index contributed by atoms with van der Waals surface area (Å²) < 4.78 is 6.75. The van der Waals surface area contributed by atoms with Gasteiger partial charge in [0.05, 0.1) is 23.7 Å². The number of aromatic nitrogens is 3. The van der Waals surface area contributed by atoms with Crippen molar-refractivity contribution < 1.29 is 19.1 Å². The highest BCUT2D eigenvalue weighted by atomic mass is 16.4. The first-order valence-corrected chi connectivity index (χ1v) is 8.62. The van der Waals surface area contributed by atoms with Crippen molar-refractivity contribution in [3.8, 4) is 11.3 Å². The molecule has 1 N–H and O–H groups in total. The zero-order valence-electron chi connectivity index (χ0n) is 14.9. The smallest absolute Gasteiger partial charge is 0.411 e. The molecule has 0 unspecified atom stereocenters. The summed E-state index contributed by atoms with van der Waals surface area (Å²) in [7, 11) is 0. The predicted octanol–water partition coefficient (Wildman–Crippen LogP) is 3.72. The Balaban J connectivity index is 1.81. The van der Waals surface area contributed by atoms with E-state index in [0.29, 0.717) is 29.1 Å². The molecule has 0 spiro atoms. The molecule has 1 aromatic carbocycles. The van der Waals surface area contributed by atoms with E-state index in [4.69, 9.17) is 4.42 Å². The molecule has 8 nitrogen and oxygen atoms in total. The van der Waals surface area contributed by atoms with E-state index in [2.05, 4.69) is 10.1 Å². The van der Waals surface area contributed by atoms with Gasteiger partial charge in [0.1, 0.15) is 0 Å². The number of carbonyl (C=O) groups is 2. The van der Waals surface area contributed by atoms with Crippen LogP contribution in [0.1, 0.15) is 23.0 Å². The average molecular weight is 376 g/mol. The zero-order valence-corrected chi connectivity index (χ0v) is 14.9. The van der Waals surface area contributed by atoms with E-state index in [0.717, 1.165) is 5.56 Å². The van der Waals surface area contributed by atoms with Gasteiger partial charge in [0.15, 0.2) is 11.4 Å². The number of benzene rings is 1. The minimum atomic E-state index is -1.02. The number of nitrogens with zero attached hydrogens (tertiary/aromatic N) is 4. The molecule has 3 aromatic heterocycles. The van der Waals surface area contributed by atoms with E-state index >= 15 is 0 Å². The van der Waals surface area contributed by atoms with Crippen LogP contribution in [0.5, 0.6) is 0 Å². The standard InChI is InChI=1S/C20H16N4O4/c1-2-23(20(26)27)14-6-3-5-13(11-14)16-8-9-21-19-15(12-22-24(16)19)18(25)17-7-4-10-28-17/h3-12H,2H2,1H3,(H,26,27). The maximum atomic E-state index is 12.6. The van der Waals surface area contributed by atoms with Crippen molar-refractivity contribution in [3.05, 3.63) is 72.4 Å². The molecule has 0 saturated carbocycles. The fourth-order valence-corrected chi connectivity index (χ4v) is 3.07. The third kappa shape index (κ3) is 2.90. The quantitative estimate of drug-likeness (QED) is 0.533. The summed E-state index contributed by atoms with van der Waals surface area (Å²) in [6.45, 7) is 2.10. The third-order valence-electron chi connectivity index (χ3n) is 4.39. The number of ketones is 1. The SMILES string of the molecule is CCN(C(=O)O)c1cccc(-c2ccnc3c(C(=O)c4ccco4)cnn23)c1. The Labute approximate surface area is 159 Å². The monoisotopic (exact) mass is 376 g/mol. The maximum absolute atomic E-state index is 12.6. The molecule has 0 fully saturated rings. The van der Waals surface area contributed by atoms with Crippen LogP contribution in [0, 0.1) is 0 Å². The number of hydrogen-bond acceptors (Lipinski definition) is 5. The molecule has 140 valence electrons. The molecule has 0 saturated heterocycles. The van der Waals surface area contributed by atoms with Gasteiger partial charge in [0.2, 0.25) is 5.78 Å². The Morgan fingerprint density at radius 2 is 2.07 bits per heavy atom. The Morgan fingerprint density at radius 1 is 1.21 bits per heavy atom. The Morgan fingerprint density at radius 3 is 2.79 bits per heavy atom. The summed E-state index contributed by atoms with van der Waals surface area (Å²) in [5, 5.41) is 13.7. The summed E-state index contributed by atoms with van der Waals surface area (Å²) in [4.78, 5) is 29.6. The molecule has 4 rings (SSSR count). The molecule has 0 bridgehead atoms. The van der Waals surface area contributed by atoms with E-state index < -0.39 is 6.09 Å². The summed E-state index contributed by atoms with van der Waals surface area (Å²) >= 11 is 0. The highest BCUT2D eigenvalue weighted by Gasteiger charge is 2.20. The van der Waals surface area contributed by atoms with E-state index in [1.165, 1.54) is 17.4 Å². The first kappa shape index (κ1) is 17.5. The van der Waals surface area contributed by atoms with Crippen LogP contribution in [0.4, 0.5) is 10.5 Å². The van der Waals surface area contributed by atoms with Crippen molar-refractivity contribution in [3.63, 3.8) is 0 Å². The molecule has 0 aliphatic heterocycles. The normalized spacial score (nSPS) is 10.9. The molecule has 28 heavy (non-hydrogen) atoms. The average Bonchev–Trinajstić information content (AvgIpc) is 3.38. The molecule has 4 aromatic rings. The molecular weight excluding hydrogens is 360 g/mol.